The van der Waals surface area contributed by atoms with Crippen molar-refractivity contribution in [3.8, 4) is 0 Å². The summed E-state index contributed by atoms with van der Waals surface area (Å²) in [6.45, 7) is 4.38. The molecule has 5 aliphatic rings. The number of pyridine rings is 1. The van der Waals surface area contributed by atoms with Crippen LogP contribution in [-0.4, -0.2) is 55.3 Å². The molecule has 0 spiro atoms. The molecule has 0 amide bonds. The minimum atomic E-state index is 0. The Morgan fingerprint density at radius 2 is 1.14 bits per heavy atom. The summed E-state index contributed by atoms with van der Waals surface area (Å²) in [4.78, 5) is 4.17. The Morgan fingerprint density at radius 3 is 1.46 bits per heavy atom. The Morgan fingerprint density at radius 1 is 0.649 bits per heavy atom. The molecule has 5 unspecified atom stereocenters. The zero-order valence-corrected chi connectivity index (χ0v) is 24.7. The molecule has 1 aromatic rings. The van der Waals surface area contributed by atoms with Crippen molar-refractivity contribution in [3.05, 3.63) is 81.1 Å². The molecule has 5 aliphatic heterocycles. The van der Waals surface area contributed by atoms with Gasteiger partial charge >= 0.3 is 20.1 Å². The van der Waals surface area contributed by atoms with Crippen LogP contribution in [0.3, 0.4) is 0 Å². The molecule has 206 valence electrons. The van der Waals surface area contributed by atoms with Gasteiger partial charge < -0.3 is 31.6 Å². The molecule has 0 N–H and O–H groups in total. The quantitative estimate of drug-likeness (QED) is 0.298. The molecule has 6 heterocycles. The van der Waals surface area contributed by atoms with Crippen LogP contribution >= 0.6 is 0 Å². The standard InChI is InChI=1S/2C10H18N2.C10H8N2.Ir/c3*1-3-7-11-9(5-1)10-6-2-4-8-12-10;/h2*9-10H,1-8H2;1-5,7-9H;/q3*-2;+3. The van der Waals surface area contributed by atoms with Crippen molar-refractivity contribution in [1.29, 1.82) is 0 Å². The summed E-state index contributed by atoms with van der Waals surface area (Å²) in [5, 5.41) is 22.9. The number of hydrogen-bond donors (Lipinski definition) is 0. The zero-order chi connectivity index (χ0) is 24.7. The molecule has 7 heteroatoms. The molecule has 0 aromatic carbocycles. The van der Waals surface area contributed by atoms with Crippen LogP contribution in [0.1, 0.15) is 88.8 Å². The summed E-state index contributed by atoms with van der Waals surface area (Å²) in [5.74, 6) is 0. The first-order chi connectivity index (χ1) is 17.9. The summed E-state index contributed by atoms with van der Waals surface area (Å²) in [7, 11) is 0. The summed E-state index contributed by atoms with van der Waals surface area (Å²) in [6.07, 6.45) is 25.4. The molecule has 4 saturated heterocycles. The number of nitrogens with zero attached hydrogens (tertiary/aromatic N) is 6. The minimum absolute atomic E-state index is 0. The third-order valence-corrected chi connectivity index (χ3v) is 7.62. The summed E-state index contributed by atoms with van der Waals surface area (Å²) in [6, 6.07) is 9.19. The Balaban J connectivity index is 0.000000152. The van der Waals surface area contributed by atoms with Gasteiger partial charge in [-0.3, -0.25) is 0 Å². The molecule has 37 heavy (non-hydrogen) atoms. The molecular formula is C30H44IrN6-3. The van der Waals surface area contributed by atoms with E-state index in [4.69, 9.17) is 0 Å². The van der Waals surface area contributed by atoms with Crippen molar-refractivity contribution in [3.63, 3.8) is 0 Å². The van der Waals surface area contributed by atoms with Crippen LogP contribution in [-0.2, 0) is 20.1 Å². The maximum Gasteiger partial charge on any atom is 3.00 e. The van der Waals surface area contributed by atoms with Gasteiger partial charge in [-0.05, 0) is 0 Å². The number of allylic oxidation sites excluding steroid dienone is 2. The summed E-state index contributed by atoms with van der Waals surface area (Å²) >= 11 is 0. The van der Waals surface area contributed by atoms with E-state index < -0.39 is 0 Å². The van der Waals surface area contributed by atoms with Crippen LogP contribution in [0.15, 0.2) is 42.8 Å². The van der Waals surface area contributed by atoms with E-state index in [1.807, 2.05) is 30.4 Å². The van der Waals surface area contributed by atoms with Crippen LogP contribution in [0.2, 0.25) is 0 Å². The predicted molar refractivity (Wildman–Crippen MR) is 151 cm³/mol. The molecule has 1 aromatic heterocycles. The van der Waals surface area contributed by atoms with Crippen LogP contribution in [0.4, 0.5) is 0 Å². The fourth-order valence-corrected chi connectivity index (χ4v) is 5.58. The van der Waals surface area contributed by atoms with Crippen molar-refractivity contribution >= 4 is 0 Å². The molecular weight excluding hydrogens is 637 g/mol. The molecule has 0 bridgehead atoms. The Kier molecular flexibility index (Phi) is 15.0. The van der Waals surface area contributed by atoms with Crippen molar-refractivity contribution in [1.82, 2.24) is 4.98 Å². The van der Waals surface area contributed by atoms with Crippen LogP contribution in [0, 0.1) is 6.07 Å². The van der Waals surface area contributed by atoms with E-state index in [0.29, 0.717) is 24.2 Å². The number of piperidine rings is 4. The van der Waals surface area contributed by atoms with E-state index in [-0.39, 0.29) is 26.1 Å². The van der Waals surface area contributed by atoms with Gasteiger partial charge in [-0.2, -0.15) is 36.4 Å². The Labute approximate surface area is 239 Å². The van der Waals surface area contributed by atoms with Crippen molar-refractivity contribution in [2.45, 2.75) is 107 Å². The molecule has 5 atom stereocenters. The number of aromatic nitrogens is 1. The third kappa shape index (κ3) is 10.9. The van der Waals surface area contributed by atoms with E-state index in [1.165, 1.54) is 77.0 Å². The fourth-order valence-electron chi connectivity index (χ4n) is 5.58. The van der Waals surface area contributed by atoms with Crippen molar-refractivity contribution in [2.75, 3.05) is 26.2 Å². The predicted octanol–water partition coefficient (Wildman–Crippen LogP) is 8.06. The Hall–Kier alpha value is -1.08. The Bertz CT molecular complexity index is 685. The zero-order valence-electron chi connectivity index (χ0n) is 22.3. The monoisotopic (exact) mass is 681 g/mol. The summed E-state index contributed by atoms with van der Waals surface area (Å²) < 4.78 is 0. The second kappa shape index (κ2) is 18.2. The first-order valence-corrected chi connectivity index (χ1v) is 14.4. The van der Waals surface area contributed by atoms with Gasteiger partial charge in [0.05, 0.1) is 0 Å². The normalized spacial score (nSPS) is 31.3. The number of hydrogen-bond acceptors (Lipinski definition) is 1. The maximum absolute atomic E-state index is 4.66. The molecule has 6 nitrogen and oxygen atoms in total. The molecule has 0 radical (unpaired) electrons. The number of rotatable bonds is 3. The van der Waals surface area contributed by atoms with E-state index in [1.54, 1.807) is 12.4 Å². The first kappa shape index (κ1) is 30.5. The van der Waals surface area contributed by atoms with Gasteiger partial charge in [0.15, 0.2) is 0 Å². The molecule has 4 fully saturated rings. The van der Waals surface area contributed by atoms with E-state index in [9.17, 15) is 0 Å². The average Bonchev–Trinajstić information content (AvgIpc) is 3.01. The maximum atomic E-state index is 4.66. The van der Waals surface area contributed by atoms with Crippen LogP contribution < -0.4 is 0 Å². The van der Waals surface area contributed by atoms with E-state index in [0.717, 1.165) is 31.9 Å². The minimum Gasteiger partial charge on any atom is -0.681 e. The van der Waals surface area contributed by atoms with E-state index >= 15 is 0 Å². The van der Waals surface area contributed by atoms with Crippen molar-refractivity contribution < 1.29 is 20.1 Å². The molecule has 0 saturated carbocycles. The average molecular weight is 681 g/mol. The molecule has 6 rings (SSSR count). The van der Waals surface area contributed by atoms with Gasteiger partial charge in [-0.1, -0.05) is 113 Å². The van der Waals surface area contributed by atoms with Gasteiger partial charge in [0.1, 0.15) is 0 Å². The largest absolute Gasteiger partial charge is 3.00 e. The molecule has 0 aliphatic carbocycles. The van der Waals surface area contributed by atoms with E-state index in [2.05, 4.69) is 37.6 Å². The van der Waals surface area contributed by atoms with Gasteiger partial charge in [0.25, 0.3) is 0 Å². The fraction of sp³-hybridized carbons (Fsp3) is 0.700. The smallest absolute Gasteiger partial charge is 0.681 e. The van der Waals surface area contributed by atoms with Crippen LogP contribution in [0.25, 0.3) is 26.6 Å². The SMILES string of the molecule is C1CCC(C2CCCC[N-]2)[N-]C1.C1CCC(C2CCCC[N-]2)[N-]C1.[Ir+3].[c-]1cccnc1C1C=CC=C[N-]1. The van der Waals surface area contributed by atoms with Crippen LogP contribution in [0.5, 0.6) is 0 Å². The van der Waals surface area contributed by atoms with Gasteiger partial charge in [0.2, 0.25) is 0 Å². The third-order valence-electron chi connectivity index (χ3n) is 7.62. The topological polar surface area (TPSA) is 83.4 Å². The van der Waals surface area contributed by atoms with Gasteiger partial charge in [0, 0.05) is 0 Å². The second-order valence-corrected chi connectivity index (χ2v) is 10.4. The second-order valence-electron chi connectivity index (χ2n) is 10.4. The van der Waals surface area contributed by atoms with Crippen molar-refractivity contribution in [2.24, 2.45) is 0 Å². The van der Waals surface area contributed by atoms with Gasteiger partial charge in [-0.25, -0.2) is 12.1 Å². The van der Waals surface area contributed by atoms with Gasteiger partial charge in [-0.15, -0.1) is 26.2 Å². The summed E-state index contributed by atoms with van der Waals surface area (Å²) in [5.41, 5.74) is 0.873. The first-order valence-electron chi connectivity index (χ1n) is 14.4.